The van der Waals surface area contributed by atoms with Gasteiger partial charge in [-0.05, 0) is 34.1 Å². The lowest BCUT2D eigenvalue weighted by Gasteiger charge is -2.32. The highest BCUT2D eigenvalue weighted by Gasteiger charge is 2.25. The summed E-state index contributed by atoms with van der Waals surface area (Å²) in [7, 11) is 0. The summed E-state index contributed by atoms with van der Waals surface area (Å²) in [5.41, 5.74) is 0.0725. The van der Waals surface area contributed by atoms with E-state index in [2.05, 4.69) is 64.1 Å². The van der Waals surface area contributed by atoms with Crippen molar-refractivity contribution in [3.63, 3.8) is 0 Å². The standard InChI is InChI=1S/C13H27IO2/c1-11(2)15-9-12(3,4)10-16-13(5,6)7-8-14/h11H,7-10H2,1-6H3. The zero-order valence-electron chi connectivity index (χ0n) is 11.6. The number of hydrogen-bond acceptors (Lipinski definition) is 2. The minimum atomic E-state index is -0.0176. The fourth-order valence-electron chi connectivity index (χ4n) is 1.12. The number of halogens is 1. The van der Waals surface area contributed by atoms with Gasteiger partial charge < -0.3 is 9.47 Å². The number of hydrogen-bond donors (Lipinski definition) is 0. The molecule has 0 N–H and O–H groups in total. The van der Waals surface area contributed by atoms with E-state index in [4.69, 9.17) is 9.47 Å². The van der Waals surface area contributed by atoms with Gasteiger partial charge in [0.15, 0.2) is 0 Å². The molecule has 16 heavy (non-hydrogen) atoms. The summed E-state index contributed by atoms with van der Waals surface area (Å²) in [6.07, 6.45) is 1.39. The number of ether oxygens (including phenoxy) is 2. The van der Waals surface area contributed by atoms with Crippen LogP contribution in [-0.4, -0.2) is 29.3 Å². The summed E-state index contributed by atoms with van der Waals surface area (Å²) in [5, 5.41) is 0. The molecule has 0 unspecified atom stereocenters. The van der Waals surface area contributed by atoms with Gasteiger partial charge in [-0.2, -0.15) is 0 Å². The highest BCUT2D eigenvalue weighted by atomic mass is 127. The SMILES string of the molecule is CC(C)OCC(C)(C)COC(C)(C)CCI. The average molecular weight is 342 g/mol. The van der Waals surface area contributed by atoms with Crippen LogP contribution in [0.4, 0.5) is 0 Å². The van der Waals surface area contributed by atoms with Gasteiger partial charge >= 0.3 is 0 Å². The molecule has 0 aromatic carbocycles. The van der Waals surface area contributed by atoms with Gasteiger partial charge in [0.05, 0.1) is 24.9 Å². The van der Waals surface area contributed by atoms with Crippen LogP contribution in [0.1, 0.15) is 48.0 Å². The molecule has 0 aromatic rings. The fraction of sp³-hybridized carbons (Fsp3) is 1.00. The normalized spacial score (nSPS) is 13.5. The van der Waals surface area contributed by atoms with Crippen LogP contribution >= 0.6 is 22.6 Å². The van der Waals surface area contributed by atoms with Crippen molar-refractivity contribution in [2.45, 2.75) is 59.7 Å². The summed E-state index contributed by atoms with van der Waals surface area (Å²) in [5.74, 6) is 0. The number of rotatable bonds is 8. The molecule has 0 aromatic heterocycles. The lowest BCUT2D eigenvalue weighted by molar-refractivity contribution is -0.0828. The molecule has 98 valence electrons. The maximum absolute atomic E-state index is 5.98. The maximum Gasteiger partial charge on any atom is 0.0634 e. The monoisotopic (exact) mass is 342 g/mol. The Balaban J connectivity index is 3.97. The number of alkyl halides is 1. The summed E-state index contributed by atoms with van der Waals surface area (Å²) in [6.45, 7) is 14.3. The molecule has 0 aliphatic carbocycles. The van der Waals surface area contributed by atoms with E-state index in [0.717, 1.165) is 24.1 Å². The largest absolute Gasteiger partial charge is 0.378 e. The summed E-state index contributed by atoms with van der Waals surface area (Å²) < 4.78 is 12.8. The Morgan fingerprint density at radius 1 is 1.06 bits per heavy atom. The van der Waals surface area contributed by atoms with Crippen molar-refractivity contribution in [3.8, 4) is 0 Å². The fourth-order valence-corrected chi connectivity index (χ4v) is 2.42. The Morgan fingerprint density at radius 2 is 1.62 bits per heavy atom. The van der Waals surface area contributed by atoms with E-state index in [1.165, 1.54) is 0 Å². The topological polar surface area (TPSA) is 18.5 Å². The van der Waals surface area contributed by atoms with Gasteiger partial charge in [-0.3, -0.25) is 0 Å². The van der Waals surface area contributed by atoms with Gasteiger partial charge in [0.2, 0.25) is 0 Å². The van der Waals surface area contributed by atoms with Crippen molar-refractivity contribution in [2.24, 2.45) is 5.41 Å². The van der Waals surface area contributed by atoms with Crippen LogP contribution in [0, 0.1) is 5.41 Å². The average Bonchev–Trinajstić information content (AvgIpc) is 2.13. The highest BCUT2D eigenvalue weighted by Crippen LogP contribution is 2.23. The Bertz CT molecular complexity index is 188. The van der Waals surface area contributed by atoms with E-state index in [1.54, 1.807) is 0 Å². The molecule has 2 nitrogen and oxygen atoms in total. The molecule has 0 aliphatic rings. The molecule has 0 aliphatic heterocycles. The Kier molecular flexibility index (Phi) is 7.46. The molecule has 0 radical (unpaired) electrons. The smallest absolute Gasteiger partial charge is 0.0634 e. The van der Waals surface area contributed by atoms with E-state index < -0.39 is 0 Å². The van der Waals surface area contributed by atoms with Crippen LogP contribution in [-0.2, 0) is 9.47 Å². The van der Waals surface area contributed by atoms with E-state index in [-0.39, 0.29) is 11.0 Å². The van der Waals surface area contributed by atoms with E-state index in [9.17, 15) is 0 Å². The first-order valence-electron chi connectivity index (χ1n) is 6.00. The zero-order valence-corrected chi connectivity index (χ0v) is 13.8. The van der Waals surface area contributed by atoms with Crippen LogP contribution in [0.25, 0.3) is 0 Å². The third kappa shape index (κ3) is 8.76. The van der Waals surface area contributed by atoms with Crippen LogP contribution in [0.15, 0.2) is 0 Å². The second-order valence-electron chi connectivity index (χ2n) is 6.01. The Labute approximate surface area is 115 Å². The minimum Gasteiger partial charge on any atom is -0.378 e. The lowest BCUT2D eigenvalue weighted by Crippen LogP contribution is -2.34. The van der Waals surface area contributed by atoms with Gasteiger partial charge in [-0.25, -0.2) is 0 Å². The molecule has 0 spiro atoms. The van der Waals surface area contributed by atoms with Crippen molar-refractivity contribution in [1.29, 1.82) is 0 Å². The maximum atomic E-state index is 5.98. The molecule has 0 saturated carbocycles. The quantitative estimate of drug-likeness (QED) is 0.489. The van der Waals surface area contributed by atoms with E-state index in [1.807, 2.05) is 0 Å². The summed E-state index contributed by atoms with van der Waals surface area (Å²) in [6, 6.07) is 0. The van der Waals surface area contributed by atoms with Gasteiger partial charge in [-0.1, -0.05) is 36.4 Å². The molecule has 0 amide bonds. The predicted octanol–water partition coefficient (Wildman–Crippen LogP) is 4.06. The lowest BCUT2D eigenvalue weighted by atomic mass is 9.95. The molecule has 3 heteroatoms. The third-order valence-electron chi connectivity index (χ3n) is 2.36. The van der Waals surface area contributed by atoms with Gasteiger partial charge in [0.1, 0.15) is 0 Å². The molecule has 0 saturated heterocycles. The summed E-state index contributed by atoms with van der Waals surface area (Å²) in [4.78, 5) is 0. The molecule has 0 heterocycles. The minimum absolute atomic E-state index is 0.0176. The third-order valence-corrected chi connectivity index (χ3v) is 2.90. The van der Waals surface area contributed by atoms with Crippen LogP contribution in [0.5, 0.6) is 0 Å². The van der Waals surface area contributed by atoms with Crippen LogP contribution in [0.2, 0.25) is 0 Å². The van der Waals surface area contributed by atoms with Crippen molar-refractivity contribution in [2.75, 3.05) is 17.6 Å². The second kappa shape index (κ2) is 7.17. The predicted molar refractivity (Wildman–Crippen MR) is 78.4 cm³/mol. The van der Waals surface area contributed by atoms with E-state index >= 15 is 0 Å². The second-order valence-corrected chi connectivity index (χ2v) is 7.09. The van der Waals surface area contributed by atoms with Crippen molar-refractivity contribution >= 4 is 22.6 Å². The zero-order chi connectivity index (χ0) is 12.8. The Hall–Kier alpha value is 0.650. The first-order valence-corrected chi connectivity index (χ1v) is 7.53. The Morgan fingerprint density at radius 3 is 2.06 bits per heavy atom. The van der Waals surface area contributed by atoms with Crippen molar-refractivity contribution in [3.05, 3.63) is 0 Å². The first-order chi connectivity index (χ1) is 7.18. The molecular weight excluding hydrogens is 315 g/mol. The molecule has 0 rings (SSSR count). The van der Waals surface area contributed by atoms with Crippen LogP contribution < -0.4 is 0 Å². The molecule has 0 fully saturated rings. The van der Waals surface area contributed by atoms with Gasteiger partial charge in [0.25, 0.3) is 0 Å². The first kappa shape index (κ1) is 16.6. The van der Waals surface area contributed by atoms with E-state index in [0.29, 0.717) is 6.10 Å². The van der Waals surface area contributed by atoms with Gasteiger partial charge in [-0.15, -0.1) is 0 Å². The molecule has 0 atom stereocenters. The highest BCUT2D eigenvalue weighted by molar-refractivity contribution is 14.1. The van der Waals surface area contributed by atoms with Crippen molar-refractivity contribution < 1.29 is 9.47 Å². The molecule has 0 bridgehead atoms. The van der Waals surface area contributed by atoms with Crippen LogP contribution in [0.3, 0.4) is 0 Å². The molecular formula is C13H27IO2. The van der Waals surface area contributed by atoms with Crippen molar-refractivity contribution in [1.82, 2.24) is 0 Å². The summed E-state index contributed by atoms with van der Waals surface area (Å²) >= 11 is 2.39. The van der Waals surface area contributed by atoms with Gasteiger partial charge in [0, 0.05) is 9.84 Å².